The third-order valence-corrected chi connectivity index (χ3v) is 2.87. The molecule has 0 amide bonds. The molecule has 0 aromatic carbocycles. The van der Waals surface area contributed by atoms with Gasteiger partial charge in [0.15, 0.2) is 11.6 Å². The molecule has 8 N–H and O–H groups in total. The monoisotopic (exact) mass is 290 g/mol. The van der Waals surface area contributed by atoms with Crippen molar-refractivity contribution in [3.8, 4) is 0 Å². The second kappa shape index (κ2) is 4.49. The summed E-state index contributed by atoms with van der Waals surface area (Å²) in [5.41, 5.74) is 0. The number of nitrogens with zero attached hydrogens (tertiary/aromatic N) is 4. The maximum absolute atomic E-state index is 9.93. The number of aliphatic hydroxyl groups excluding tert-OH is 2. The summed E-state index contributed by atoms with van der Waals surface area (Å²) in [7, 11) is 0. The molecule has 0 unspecified atom stereocenters. The van der Waals surface area contributed by atoms with Crippen LogP contribution >= 0.6 is 24.4 Å². The Hall–Kier alpha value is -1.76. The van der Waals surface area contributed by atoms with E-state index in [-0.39, 0.29) is 21.2 Å². The standard InChI is InChI=1S/C6H10N8O2S2/c7-13-3(9-11-5(13)17)1(15)2(16)4-10-12-6(18)14(4)8/h1-2,15-16H,7-8H2,(H,11,17)(H,12,18)/t1-,2+. The number of aliphatic hydroxyl groups is 2. The summed E-state index contributed by atoms with van der Waals surface area (Å²) < 4.78 is 2.07. The van der Waals surface area contributed by atoms with Gasteiger partial charge in [-0.1, -0.05) is 0 Å². The minimum absolute atomic E-state index is 0.0542. The number of rotatable bonds is 3. The van der Waals surface area contributed by atoms with Crippen molar-refractivity contribution in [2.75, 3.05) is 11.7 Å². The lowest BCUT2D eigenvalue weighted by molar-refractivity contribution is 0.00360. The van der Waals surface area contributed by atoms with E-state index in [0.717, 1.165) is 9.35 Å². The zero-order chi connectivity index (χ0) is 13.4. The summed E-state index contributed by atoms with van der Waals surface area (Å²) in [6, 6.07) is 0. The molecule has 2 aromatic rings. The zero-order valence-electron chi connectivity index (χ0n) is 8.81. The first kappa shape index (κ1) is 12.7. The Balaban J connectivity index is 2.37. The summed E-state index contributed by atoms with van der Waals surface area (Å²) in [6.07, 6.45) is -2.93. The van der Waals surface area contributed by atoms with E-state index in [1.165, 1.54) is 0 Å². The van der Waals surface area contributed by atoms with Gasteiger partial charge in [-0.3, -0.25) is 10.2 Å². The lowest BCUT2D eigenvalue weighted by Gasteiger charge is -2.15. The van der Waals surface area contributed by atoms with Crippen molar-refractivity contribution >= 4 is 24.4 Å². The van der Waals surface area contributed by atoms with Crippen molar-refractivity contribution in [1.29, 1.82) is 0 Å². The lowest BCUT2D eigenvalue weighted by atomic mass is 10.2. The summed E-state index contributed by atoms with van der Waals surface area (Å²) >= 11 is 9.57. The predicted molar refractivity (Wildman–Crippen MR) is 65.0 cm³/mol. The molecule has 18 heavy (non-hydrogen) atoms. The average molecular weight is 290 g/mol. The molecule has 0 saturated carbocycles. The van der Waals surface area contributed by atoms with Crippen molar-refractivity contribution in [2.45, 2.75) is 12.2 Å². The van der Waals surface area contributed by atoms with Crippen LogP contribution in [0.25, 0.3) is 0 Å². The second-order valence-electron chi connectivity index (χ2n) is 3.40. The Morgan fingerprint density at radius 2 is 1.28 bits per heavy atom. The molecule has 2 aromatic heterocycles. The van der Waals surface area contributed by atoms with Crippen molar-refractivity contribution < 1.29 is 10.2 Å². The van der Waals surface area contributed by atoms with Crippen LogP contribution in [0.3, 0.4) is 0 Å². The van der Waals surface area contributed by atoms with Crippen LogP contribution in [0, 0.1) is 9.54 Å². The Labute approximate surface area is 110 Å². The molecule has 2 heterocycles. The van der Waals surface area contributed by atoms with Gasteiger partial charge in [-0.15, -0.1) is 0 Å². The quantitative estimate of drug-likeness (QED) is 0.291. The number of nitrogens with one attached hydrogen (secondary N) is 2. The Morgan fingerprint density at radius 3 is 1.50 bits per heavy atom. The molecule has 10 nitrogen and oxygen atoms in total. The summed E-state index contributed by atoms with van der Waals surface area (Å²) in [5.74, 6) is 10.9. The van der Waals surface area contributed by atoms with Crippen LogP contribution in [0.1, 0.15) is 23.9 Å². The maximum Gasteiger partial charge on any atom is 0.214 e. The molecule has 0 bridgehead atoms. The highest BCUT2D eigenvalue weighted by Crippen LogP contribution is 2.24. The van der Waals surface area contributed by atoms with Crippen molar-refractivity contribution in [1.82, 2.24) is 29.7 Å². The molecular formula is C6H10N8O2S2. The van der Waals surface area contributed by atoms with Crippen LogP contribution in [0.5, 0.6) is 0 Å². The molecule has 0 aliphatic heterocycles. The van der Waals surface area contributed by atoms with Gasteiger partial charge in [-0.25, -0.2) is 9.35 Å². The fourth-order valence-corrected chi connectivity index (χ4v) is 1.61. The van der Waals surface area contributed by atoms with Crippen molar-refractivity contribution in [3.63, 3.8) is 0 Å². The molecule has 0 aliphatic rings. The van der Waals surface area contributed by atoms with Gasteiger partial charge in [0.2, 0.25) is 9.54 Å². The molecule has 0 aliphatic carbocycles. The SMILES string of the molecule is Nn1c([C@@H](O)[C@@H](O)c2n[nH]c(=S)n2N)n[nH]c1=S. The van der Waals surface area contributed by atoms with Crippen LogP contribution < -0.4 is 11.7 Å². The normalized spacial score (nSPS) is 14.6. The highest BCUT2D eigenvalue weighted by Gasteiger charge is 2.28. The lowest BCUT2D eigenvalue weighted by Crippen LogP contribution is -2.24. The molecule has 0 radical (unpaired) electrons. The van der Waals surface area contributed by atoms with E-state index < -0.39 is 12.2 Å². The number of hydrogen-bond acceptors (Lipinski definition) is 8. The van der Waals surface area contributed by atoms with Crippen LogP contribution in [0.15, 0.2) is 0 Å². The molecule has 0 saturated heterocycles. The fraction of sp³-hybridized carbons (Fsp3) is 0.333. The first-order valence-electron chi connectivity index (χ1n) is 4.64. The summed E-state index contributed by atoms with van der Waals surface area (Å²) in [4.78, 5) is 0. The minimum atomic E-state index is -1.46. The molecule has 2 rings (SSSR count). The number of H-pyrrole nitrogens is 2. The van der Waals surface area contributed by atoms with E-state index in [1.54, 1.807) is 0 Å². The Kier molecular flexibility index (Phi) is 3.16. The van der Waals surface area contributed by atoms with Gasteiger partial charge in [0.1, 0.15) is 12.2 Å². The summed E-state index contributed by atoms with van der Waals surface area (Å²) in [6.45, 7) is 0. The number of hydrogen-bond donors (Lipinski definition) is 6. The third kappa shape index (κ3) is 1.90. The molecule has 98 valence electrons. The Bertz CT molecular complexity index is 609. The third-order valence-electron chi connectivity index (χ3n) is 2.29. The highest BCUT2D eigenvalue weighted by molar-refractivity contribution is 7.71. The van der Waals surface area contributed by atoms with Crippen molar-refractivity contribution in [2.24, 2.45) is 0 Å². The Morgan fingerprint density at radius 1 is 0.944 bits per heavy atom. The summed E-state index contributed by atoms with van der Waals surface area (Å²) in [5, 5.41) is 32.0. The number of nitrogens with two attached hydrogens (primary N) is 2. The van der Waals surface area contributed by atoms with Gasteiger partial charge in [-0.05, 0) is 24.4 Å². The molecule has 2 atom stereocenters. The van der Waals surface area contributed by atoms with Crippen LogP contribution in [0.4, 0.5) is 0 Å². The van der Waals surface area contributed by atoms with Gasteiger partial charge in [0.25, 0.3) is 0 Å². The van der Waals surface area contributed by atoms with Gasteiger partial charge in [-0.2, -0.15) is 10.2 Å². The molecule has 12 heteroatoms. The first-order chi connectivity index (χ1) is 8.43. The largest absolute Gasteiger partial charge is 0.382 e. The topological polar surface area (TPSA) is 160 Å². The van der Waals surface area contributed by atoms with E-state index >= 15 is 0 Å². The zero-order valence-corrected chi connectivity index (χ0v) is 10.4. The van der Waals surface area contributed by atoms with Crippen LogP contribution in [0.2, 0.25) is 0 Å². The van der Waals surface area contributed by atoms with Crippen molar-refractivity contribution in [3.05, 3.63) is 21.2 Å². The second-order valence-corrected chi connectivity index (χ2v) is 4.18. The van der Waals surface area contributed by atoms with E-state index in [0.29, 0.717) is 0 Å². The van der Waals surface area contributed by atoms with E-state index in [1.807, 2.05) is 0 Å². The maximum atomic E-state index is 9.93. The van der Waals surface area contributed by atoms with E-state index in [9.17, 15) is 10.2 Å². The van der Waals surface area contributed by atoms with Gasteiger partial charge in [0, 0.05) is 0 Å². The molecule has 0 fully saturated rings. The smallest absolute Gasteiger partial charge is 0.214 e. The van der Waals surface area contributed by atoms with Crippen LogP contribution in [-0.2, 0) is 0 Å². The van der Waals surface area contributed by atoms with Crippen LogP contribution in [-0.4, -0.2) is 40.0 Å². The average Bonchev–Trinajstić information content (AvgIpc) is 2.84. The molecular weight excluding hydrogens is 280 g/mol. The number of nitrogen functional groups attached to an aromatic ring is 2. The predicted octanol–water partition coefficient (Wildman–Crippen LogP) is -1.61. The minimum Gasteiger partial charge on any atom is -0.382 e. The molecule has 0 spiro atoms. The number of aromatic amines is 2. The van der Waals surface area contributed by atoms with Gasteiger partial charge in [0.05, 0.1) is 0 Å². The highest BCUT2D eigenvalue weighted by atomic mass is 32.1. The van der Waals surface area contributed by atoms with Gasteiger partial charge < -0.3 is 21.9 Å². The fourth-order valence-electron chi connectivity index (χ4n) is 1.33. The van der Waals surface area contributed by atoms with E-state index in [4.69, 9.17) is 36.1 Å². The van der Waals surface area contributed by atoms with E-state index in [2.05, 4.69) is 20.4 Å². The van der Waals surface area contributed by atoms with Gasteiger partial charge >= 0.3 is 0 Å². The number of aromatic nitrogens is 6. The first-order valence-corrected chi connectivity index (χ1v) is 5.46.